The normalized spacial score (nSPS) is 13.0. The van der Waals surface area contributed by atoms with E-state index in [0.29, 0.717) is 6.61 Å². The van der Waals surface area contributed by atoms with E-state index in [1.165, 1.54) is 6.07 Å². The van der Waals surface area contributed by atoms with E-state index in [4.69, 9.17) is 33.1 Å². The fourth-order valence-electron chi connectivity index (χ4n) is 1.63. The fourth-order valence-corrected chi connectivity index (χ4v) is 3.10. The van der Waals surface area contributed by atoms with Crippen LogP contribution in [0.5, 0.6) is 0 Å². The number of sulfonamides is 1. The zero-order valence-corrected chi connectivity index (χ0v) is 13.8. The number of carbonyl (C=O) groups excluding carboxylic acids is 1. The Morgan fingerprint density at radius 2 is 2.05 bits per heavy atom. The third kappa shape index (κ3) is 4.82. The molecule has 6 nitrogen and oxygen atoms in total. The number of halogens is 2. The smallest absolute Gasteiger partial charge is 0.254 e. The van der Waals surface area contributed by atoms with Gasteiger partial charge in [0, 0.05) is 13.2 Å². The van der Waals surface area contributed by atoms with E-state index in [2.05, 4.69) is 5.32 Å². The molecule has 0 aliphatic heterocycles. The minimum Gasteiger partial charge on any atom is -0.377 e. The third-order valence-electron chi connectivity index (χ3n) is 2.59. The highest BCUT2D eigenvalue weighted by Crippen LogP contribution is 2.30. The summed E-state index contributed by atoms with van der Waals surface area (Å²) in [5.41, 5.74) is -0.131. The second kappa shape index (κ2) is 7.42. The highest BCUT2D eigenvalue weighted by atomic mass is 35.5. The average Bonchev–Trinajstić information content (AvgIpc) is 2.35. The Morgan fingerprint density at radius 3 is 2.57 bits per heavy atom. The van der Waals surface area contributed by atoms with E-state index in [-0.39, 0.29) is 33.2 Å². The quantitative estimate of drug-likeness (QED) is 0.813. The van der Waals surface area contributed by atoms with Gasteiger partial charge in [-0.3, -0.25) is 4.79 Å². The van der Waals surface area contributed by atoms with Gasteiger partial charge in [0.2, 0.25) is 10.0 Å². The Labute approximate surface area is 133 Å². The predicted molar refractivity (Wildman–Crippen MR) is 81.3 cm³/mol. The predicted octanol–water partition coefficient (Wildman–Crippen LogP) is 1.80. The molecule has 1 amide bonds. The molecule has 0 bridgehead atoms. The number of nitrogens with one attached hydrogen (secondary N) is 1. The Bertz CT molecular complexity index is 634. The van der Waals surface area contributed by atoms with Gasteiger partial charge in [0.1, 0.15) is 4.90 Å². The van der Waals surface area contributed by atoms with Crippen molar-refractivity contribution in [1.82, 2.24) is 5.32 Å². The highest BCUT2D eigenvalue weighted by molar-refractivity contribution is 7.89. The Balaban J connectivity index is 3.05. The number of hydrogen-bond donors (Lipinski definition) is 2. The molecule has 1 aromatic rings. The first-order chi connectivity index (χ1) is 9.68. The lowest BCUT2D eigenvalue weighted by atomic mass is 10.2. The molecule has 9 heteroatoms. The van der Waals surface area contributed by atoms with Crippen molar-refractivity contribution in [2.75, 3.05) is 13.2 Å². The second-order valence-corrected chi connectivity index (χ2v) is 6.57. The first-order valence-electron chi connectivity index (χ1n) is 6.09. The van der Waals surface area contributed by atoms with Crippen molar-refractivity contribution in [3.63, 3.8) is 0 Å². The summed E-state index contributed by atoms with van der Waals surface area (Å²) in [6.07, 6.45) is -0.196. The number of rotatable bonds is 6. The molecule has 0 saturated heterocycles. The van der Waals surface area contributed by atoms with Gasteiger partial charge in [-0.15, -0.1) is 0 Å². The van der Waals surface area contributed by atoms with Gasteiger partial charge >= 0.3 is 0 Å². The van der Waals surface area contributed by atoms with Crippen LogP contribution >= 0.6 is 23.2 Å². The van der Waals surface area contributed by atoms with Crippen LogP contribution in [-0.2, 0) is 14.8 Å². The van der Waals surface area contributed by atoms with E-state index in [1.54, 1.807) is 6.92 Å². The largest absolute Gasteiger partial charge is 0.377 e. The minimum atomic E-state index is -4.04. The SMILES string of the molecule is CCOC(C)CNC(=O)c1c(Cl)ccc(S(N)(=O)=O)c1Cl. The molecule has 0 fully saturated rings. The van der Waals surface area contributed by atoms with Crippen molar-refractivity contribution < 1.29 is 17.9 Å². The lowest BCUT2D eigenvalue weighted by Gasteiger charge is -2.14. The van der Waals surface area contributed by atoms with Crippen molar-refractivity contribution in [3.8, 4) is 0 Å². The third-order valence-corrected chi connectivity index (χ3v) is 4.36. The van der Waals surface area contributed by atoms with E-state index < -0.39 is 15.9 Å². The summed E-state index contributed by atoms with van der Waals surface area (Å²) in [4.78, 5) is 11.8. The number of ether oxygens (including phenoxy) is 1. The van der Waals surface area contributed by atoms with Gasteiger partial charge in [-0.25, -0.2) is 13.6 Å². The summed E-state index contributed by atoms with van der Waals surface area (Å²) >= 11 is 11.8. The van der Waals surface area contributed by atoms with E-state index in [1.807, 2.05) is 6.92 Å². The van der Waals surface area contributed by atoms with Crippen LogP contribution < -0.4 is 10.5 Å². The summed E-state index contributed by atoms with van der Waals surface area (Å²) in [7, 11) is -4.04. The Kier molecular flexibility index (Phi) is 6.42. The maximum Gasteiger partial charge on any atom is 0.254 e. The van der Waals surface area contributed by atoms with Gasteiger partial charge in [0.25, 0.3) is 5.91 Å². The van der Waals surface area contributed by atoms with Crippen molar-refractivity contribution >= 4 is 39.1 Å². The van der Waals surface area contributed by atoms with E-state index in [9.17, 15) is 13.2 Å². The molecule has 3 N–H and O–H groups in total. The van der Waals surface area contributed by atoms with E-state index in [0.717, 1.165) is 6.07 Å². The van der Waals surface area contributed by atoms with E-state index >= 15 is 0 Å². The molecule has 0 aliphatic rings. The molecular weight excluding hydrogens is 339 g/mol. The van der Waals surface area contributed by atoms with Gasteiger partial charge in [-0.1, -0.05) is 23.2 Å². The summed E-state index contributed by atoms with van der Waals surface area (Å²) in [6.45, 7) is 4.37. The summed E-state index contributed by atoms with van der Waals surface area (Å²) in [6, 6.07) is 2.41. The lowest BCUT2D eigenvalue weighted by Crippen LogP contribution is -2.32. The van der Waals surface area contributed by atoms with Crippen molar-refractivity contribution in [2.24, 2.45) is 5.14 Å². The highest BCUT2D eigenvalue weighted by Gasteiger charge is 2.22. The number of hydrogen-bond acceptors (Lipinski definition) is 4. The molecule has 118 valence electrons. The summed E-state index contributed by atoms with van der Waals surface area (Å²) < 4.78 is 28.0. The van der Waals surface area contributed by atoms with Crippen LogP contribution in [0.1, 0.15) is 24.2 Å². The number of carbonyl (C=O) groups is 1. The molecule has 1 rings (SSSR count). The lowest BCUT2D eigenvalue weighted by molar-refractivity contribution is 0.0695. The van der Waals surface area contributed by atoms with Crippen LogP contribution in [0.25, 0.3) is 0 Å². The van der Waals surface area contributed by atoms with Gasteiger partial charge in [-0.2, -0.15) is 0 Å². The van der Waals surface area contributed by atoms with Crippen molar-refractivity contribution in [3.05, 3.63) is 27.7 Å². The number of amides is 1. The molecule has 0 aliphatic carbocycles. The zero-order chi connectivity index (χ0) is 16.2. The van der Waals surface area contributed by atoms with Crippen molar-refractivity contribution in [2.45, 2.75) is 24.8 Å². The average molecular weight is 355 g/mol. The number of primary sulfonamides is 1. The first kappa shape index (κ1) is 18.2. The van der Waals surface area contributed by atoms with Gasteiger partial charge < -0.3 is 10.1 Å². The molecule has 0 radical (unpaired) electrons. The van der Waals surface area contributed by atoms with Crippen LogP contribution in [-0.4, -0.2) is 33.6 Å². The molecule has 1 atom stereocenters. The number of benzene rings is 1. The maximum absolute atomic E-state index is 12.1. The number of nitrogens with two attached hydrogens (primary N) is 1. The minimum absolute atomic E-state index is 0.0361. The summed E-state index contributed by atoms with van der Waals surface area (Å²) in [5.74, 6) is -0.595. The van der Waals surface area contributed by atoms with Gasteiger partial charge in [0.05, 0.1) is 21.7 Å². The maximum atomic E-state index is 12.1. The van der Waals surface area contributed by atoms with Gasteiger partial charge in [-0.05, 0) is 26.0 Å². The van der Waals surface area contributed by atoms with Crippen LogP contribution in [0.2, 0.25) is 10.0 Å². The van der Waals surface area contributed by atoms with Gasteiger partial charge in [0.15, 0.2) is 0 Å². The zero-order valence-electron chi connectivity index (χ0n) is 11.5. The van der Waals surface area contributed by atoms with Crippen LogP contribution in [0.4, 0.5) is 0 Å². The van der Waals surface area contributed by atoms with Crippen LogP contribution in [0.15, 0.2) is 17.0 Å². The van der Waals surface area contributed by atoms with Crippen molar-refractivity contribution in [1.29, 1.82) is 0 Å². The Hall–Kier alpha value is -0.860. The first-order valence-corrected chi connectivity index (χ1v) is 8.39. The molecule has 0 heterocycles. The fraction of sp³-hybridized carbons (Fsp3) is 0.417. The molecule has 21 heavy (non-hydrogen) atoms. The van der Waals surface area contributed by atoms with Crippen LogP contribution in [0.3, 0.4) is 0 Å². The second-order valence-electron chi connectivity index (χ2n) is 4.26. The monoisotopic (exact) mass is 354 g/mol. The molecule has 1 unspecified atom stereocenters. The standard InChI is InChI=1S/C12H16Cl2N2O4S/c1-3-20-7(2)6-16-12(17)10-8(13)4-5-9(11(10)14)21(15,18)19/h4-5,7H,3,6H2,1-2H3,(H,16,17)(H2,15,18,19). The molecule has 0 saturated carbocycles. The van der Waals surface area contributed by atoms with Crippen LogP contribution in [0, 0.1) is 0 Å². The summed E-state index contributed by atoms with van der Waals surface area (Å²) in [5, 5.41) is 7.34. The molecule has 0 aromatic heterocycles. The molecular formula is C12H16Cl2N2O4S. The molecule has 0 spiro atoms. The Morgan fingerprint density at radius 1 is 1.43 bits per heavy atom. The molecule has 1 aromatic carbocycles. The topological polar surface area (TPSA) is 98.5 Å².